The molecule has 4 heteroatoms. The Labute approximate surface area is 125 Å². The van der Waals surface area contributed by atoms with Crippen LogP contribution in [0.25, 0.3) is 0 Å². The van der Waals surface area contributed by atoms with Crippen LogP contribution in [0.4, 0.5) is 0 Å². The van der Waals surface area contributed by atoms with Crippen LogP contribution in [0.3, 0.4) is 0 Å². The Bertz CT molecular complexity index is 382. The Morgan fingerprint density at radius 3 is 2.42 bits per heavy atom. The summed E-state index contributed by atoms with van der Waals surface area (Å²) in [5, 5.41) is 0. The fourth-order valence-electron chi connectivity index (χ4n) is 1.99. The zero-order valence-corrected chi connectivity index (χ0v) is 14.0. The first-order chi connectivity index (χ1) is 9.06. The highest BCUT2D eigenvalue weighted by atomic mass is 79.9. The molecule has 0 aromatic heterocycles. The van der Waals surface area contributed by atoms with Gasteiger partial charge in [-0.2, -0.15) is 0 Å². The van der Waals surface area contributed by atoms with E-state index in [1.165, 1.54) is 12.0 Å². The van der Waals surface area contributed by atoms with E-state index in [2.05, 4.69) is 58.9 Å². The zero-order valence-electron chi connectivity index (χ0n) is 12.4. The quantitative estimate of drug-likeness (QED) is 0.728. The lowest BCUT2D eigenvalue weighted by Gasteiger charge is -2.23. The number of hydrogen-bond donors (Lipinski definition) is 0. The first kappa shape index (κ1) is 16.5. The molecule has 0 N–H and O–H groups in total. The normalized spacial score (nSPS) is 11.3. The molecule has 108 valence electrons. The maximum Gasteiger partial charge on any atom is 0.133 e. The summed E-state index contributed by atoms with van der Waals surface area (Å²) in [6.45, 7) is 6.55. The Kier molecular flexibility index (Phi) is 7.42. The van der Waals surface area contributed by atoms with Crippen LogP contribution in [0.5, 0.6) is 5.75 Å². The average molecular weight is 329 g/mol. The van der Waals surface area contributed by atoms with Gasteiger partial charge < -0.3 is 9.64 Å². The van der Waals surface area contributed by atoms with Crippen molar-refractivity contribution in [2.75, 3.05) is 40.8 Å². The summed E-state index contributed by atoms with van der Waals surface area (Å²) in [6.07, 6.45) is 1.19. The third-order valence-corrected chi connectivity index (χ3v) is 3.65. The van der Waals surface area contributed by atoms with Crippen LogP contribution in [0.1, 0.15) is 18.9 Å². The molecule has 0 saturated heterocycles. The largest absolute Gasteiger partial charge is 0.496 e. The fourth-order valence-corrected chi connectivity index (χ4v) is 2.58. The monoisotopic (exact) mass is 328 g/mol. The van der Waals surface area contributed by atoms with E-state index in [4.69, 9.17) is 4.74 Å². The SMILES string of the molecule is CCCN(CCN(C)C)Cc1ccc(OC)c(Br)c1. The standard InChI is InChI=1S/C15H25BrN2O/c1-5-8-18(10-9-17(2)3)12-13-6-7-15(19-4)14(16)11-13/h6-7,11H,5,8-10,12H2,1-4H3. The average Bonchev–Trinajstić information content (AvgIpc) is 2.36. The van der Waals surface area contributed by atoms with E-state index in [9.17, 15) is 0 Å². The van der Waals surface area contributed by atoms with E-state index >= 15 is 0 Å². The molecule has 0 aliphatic rings. The number of likely N-dealkylation sites (N-methyl/N-ethyl adjacent to an activating group) is 1. The minimum Gasteiger partial charge on any atom is -0.496 e. The summed E-state index contributed by atoms with van der Waals surface area (Å²) < 4.78 is 6.29. The highest BCUT2D eigenvalue weighted by Gasteiger charge is 2.07. The molecule has 1 aromatic carbocycles. The van der Waals surface area contributed by atoms with Gasteiger partial charge in [0.25, 0.3) is 0 Å². The Morgan fingerprint density at radius 2 is 1.89 bits per heavy atom. The van der Waals surface area contributed by atoms with Crippen molar-refractivity contribution >= 4 is 15.9 Å². The molecule has 0 unspecified atom stereocenters. The van der Waals surface area contributed by atoms with Gasteiger partial charge in [-0.05, 0) is 60.7 Å². The second-order valence-corrected chi connectivity index (χ2v) is 5.90. The van der Waals surface area contributed by atoms with Crippen molar-refractivity contribution in [3.63, 3.8) is 0 Å². The number of ether oxygens (including phenoxy) is 1. The molecule has 0 atom stereocenters. The van der Waals surface area contributed by atoms with Gasteiger partial charge in [-0.15, -0.1) is 0 Å². The predicted molar refractivity (Wildman–Crippen MR) is 84.8 cm³/mol. The number of rotatable bonds is 8. The third-order valence-electron chi connectivity index (χ3n) is 3.03. The van der Waals surface area contributed by atoms with Crippen LogP contribution in [-0.4, -0.2) is 50.6 Å². The molecule has 0 saturated carbocycles. The lowest BCUT2D eigenvalue weighted by Crippen LogP contribution is -2.32. The topological polar surface area (TPSA) is 15.7 Å². The van der Waals surface area contributed by atoms with Gasteiger partial charge in [0.1, 0.15) is 5.75 Å². The van der Waals surface area contributed by atoms with Gasteiger partial charge >= 0.3 is 0 Å². The molecule has 3 nitrogen and oxygen atoms in total. The summed E-state index contributed by atoms with van der Waals surface area (Å²) in [5.74, 6) is 0.888. The summed E-state index contributed by atoms with van der Waals surface area (Å²) in [5.41, 5.74) is 1.32. The second kappa shape index (κ2) is 8.56. The first-order valence-corrected chi connectivity index (χ1v) is 7.55. The fraction of sp³-hybridized carbons (Fsp3) is 0.600. The maximum atomic E-state index is 5.26. The number of halogens is 1. The smallest absolute Gasteiger partial charge is 0.133 e. The Morgan fingerprint density at radius 1 is 1.16 bits per heavy atom. The molecule has 1 aromatic rings. The van der Waals surface area contributed by atoms with Gasteiger partial charge in [-0.25, -0.2) is 0 Å². The van der Waals surface area contributed by atoms with E-state index in [1.54, 1.807) is 7.11 Å². The zero-order chi connectivity index (χ0) is 14.3. The summed E-state index contributed by atoms with van der Waals surface area (Å²) in [4.78, 5) is 4.72. The van der Waals surface area contributed by atoms with E-state index in [0.29, 0.717) is 0 Å². The van der Waals surface area contributed by atoms with E-state index in [1.807, 2.05) is 6.07 Å². The molecule has 0 radical (unpaired) electrons. The molecule has 0 amide bonds. The summed E-state index contributed by atoms with van der Waals surface area (Å²) >= 11 is 3.55. The van der Waals surface area contributed by atoms with Crippen LogP contribution in [0, 0.1) is 0 Å². The van der Waals surface area contributed by atoms with E-state index in [0.717, 1.165) is 36.4 Å². The number of benzene rings is 1. The van der Waals surface area contributed by atoms with Crippen LogP contribution in [0.2, 0.25) is 0 Å². The molecule has 0 fully saturated rings. The molecular weight excluding hydrogens is 304 g/mol. The number of methoxy groups -OCH3 is 1. The van der Waals surface area contributed by atoms with Crippen molar-refractivity contribution in [1.29, 1.82) is 0 Å². The first-order valence-electron chi connectivity index (χ1n) is 6.76. The Balaban J connectivity index is 2.64. The van der Waals surface area contributed by atoms with Gasteiger partial charge in [0, 0.05) is 19.6 Å². The van der Waals surface area contributed by atoms with Crippen molar-refractivity contribution in [1.82, 2.24) is 9.80 Å². The molecule has 19 heavy (non-hydrogen) atoms. The molecular formula is C15H25BrN2O. The van der Waals surface area contributed by atoms with Crippen molar-refractivity contribution in [3.05, 3.63) is 28.2 Å². The van der Waals surface area contributed by atoms with Gasteiger partial charge in [0.05, 0.1) is 11.6 Å². The molecule has 0 aliphatic carbocycles. The van der Waals surface area contributed by atoms with Crippen LogP contribution < -0.4 is 4.74 Å². The summed E-state index contributed by atoms with van der Waals surface area (Å²) in [7, 11) is 5.93. The lowest BCUT2D eigenvalue weighted by atomic mass is 10.2. The number of hydrogen-bond acceptors (Lipinski definition) is 3. The summed E-state index contributed by atoms with van der Waals surface area (Å²) in [6, 6.07) is 6.31. The van der Waals surface area contributed by atoms with Crippen LogP contribution >= 0.6 is 15.9 Å². The minimum atomic E-state index is 0.888. The van der Waals surface area contributed by atoms with Gasteiger partial charge in [-0.3, -0.25) is 4.90 Å². The van der Waals surface area contributed by atoms with Crippen molar-refractivity contribution in [2.24, 2.45) is 0 Å². The molecule has 0 heterocycles. The Hall–Kier alpha value is -0.580. The lowest BCUT2D eigenvalue weighted by molar-refractivity contribution is 0.234. The highest BCUT2D eigenvalue weighted by Crippen LogP contribution is 2.26. The van der Waals surface area contributed by atoms with Gasteiger partial charge in [0.15, 0.2) is 0 Å². The van der Waals surface area contributed by atoms with Crippen molar-refractivity contribution < 1.29 is 4.74 Å². The maximum absolute atomic E-state index is 5.26. The van der Waals surface area contributed by atoms with Crippen LogP contribution in [-0.2, 0) is 6.54 Å². The molecule has 0 aliphatic heterocycles. The van der Waals surface area contributed by atoms with Crippen LogP contribution in [0.15, 0.2) is 22.7 Å². The highest BCUT2D eigenvalue weighted by molar-refractivity contribution is 9.10. The molecule has 0 spiro atoms. The van der Waals surface area contributed by atoms with Gasteiger partial charge in [0.2, 0.25) is 0 Å². The van der Waals surface area contributed by atoms with Gasteiger partial charge in [-0.1, -0.05) is 13.0 Å². The van der Waals surface area contributed by atoms with E-state index < -0.39 is 0 Å². The molecule has 1 rings (SSSR count). The minimum absolute atomic E-state index is 0.888. The number of nitrogens with zero attached hydrogens (tertiary/aromatic N) is 2. The van der Waals surface area contributed by atoms with E-state index in [-0.39, 0.29) is 0 Å². The molecule has 0 bridgehead atoms. The van der Waals surface area contributed by atoms with Crippen molar-refractivity contribution in [3.8, 4) is 5.75 Å². The third kappa shape index (κ3) is 5.93. The second-order valence-electron chi connectivity index (χ2n) is 5.05. The van der Waals surface area contributed by atoms with Crippen molar-refractivity contribution in [2.45, 2.75) is 19.9 Å². The predicted octanol–water partition coefficient (Wildman–Crippen LogP) is 3.23.